The number of benzene rings is 1. The highest BCUT2D eigenvalue weighted by Crippen LogP contribution is 2.22. The third-order valence-corrected chi connectivity index (χ3v) is 5.22. The number of hydrogen-bond acceptors (Lipinski definition) is 3. The zero-order valence-corrected chi connectivity index (χ0v) is 12.9. The van der Waals surface area contributed by atoms with Crippen molar-refractivity contribution in [2.75, 3.05) is 0 Å². The van der Waals surface area contributed by atoms with Crippen molar-refractivity contribution >= 4 is 22.4 Å². The molecule has 0 bridgehead atoms. The van der Waals surface area contributed by atoms with E-state index in [1.54, 1.807) is 13.0 Å². The van der Waals surface area contributed by atoms with Crippen LogP contribution in [0, 0.1) is 12.7 Å². The van der Waals surface area contributed by atoms with Crippen LogP contribution in [0.4, 0.5) is 4.39 Å². The van der Waals surface area contributed by atoms with Crippen molar-refractivity contribution < 1.29 is 12.8 Å². The molecule has 0 amide bonds. The third-order valence-electron chi connectivity index (χ3n) is 3.53. The first-order chi connectivity index (χ1) is 8.90. The first kappa shape index (κ1) is 17.4. The average Bonchev–Trinajstić information content (AvgIpc) is 2.31. The molecule has 0 spiro atoms. The number of rotatable bonds is 3. The van der Waals surface area contributed by atoms with Gasteiger partial charge in [-0.05, 0) is 44.2 Å². The van der Waals surface area contributed by atoms with Crippen LogP contribution < -0.4 is 10.5 Å². The van der Waals surface area contributed by atoms with Crippen molar-refractivity contribution in [1.82, 2.24) is 4.72 Å². The Hall–Kier alpha value is -0.690. The van der Waals surface area contributed by atoms with E-state index in [0.717, 1.165) is 12.8 Å². The lowest BCUT2D eigenvalue weighted by Gasteiger charge is -2.26. The first-order valence-electron chi connectivity index (χ1n) is 6.43. The fourth-order valence-corrected chi connectivity index (χ4v) is 4.08. The highest BCUT2D eigenvalue weighted by atomic mass is 35.5. The van der Waals surface area contributed by atoms with E-state index in [4.69, 9.17) is 5.73 Å². The third kappa shape index (κ3) is 3.91. The van der Waals surface area contributed by atoms with E-state index in [9.17, 15) is 12.8 Å². The summed E-state index contributed by atoms with van der Waals surface area (Å²) in [4.78, 5) is -0.245. The van der Waals surface area contributed by atoms with Gasteiger partial charge in [0.05, 0.1) is 0 Å². The van der Waals surface area contributed by atoms with E-state index in [1.807, 2.05) is 0 Å². The summed E-state index contributed by atoms with van der Waals surface area (Å²) in [6.07, 6.45) is 2.99. The second-order valence-corrected chi connectivity index (χ2v) is 6.77. The Morgan fingerprint density at radius 3 is 2.40 bits per heavy atom. The second-order valence-electron chi connectivity index (χ2n) is 5.12. The molecule has 20 heavy (non-hydrogen) atoms. The Labute approximate surface area is 125 Å². The smallest absolute Gasteiger partial charge is 0.243 e. The summed E-state index contributed by atoms with van der Waals surface area (Å²) in [5, 5.41) is 0. The summed E-state index contributed by atoms with van der Waals surface area (Å²) in [6, 6.07) is 4.26. The molecule has 3 N–H and O–H groups in total. The van der Waals surface area contributed by atoms with Crippen LogP contribution in [0.25, 0.3) is 0 Å². The Kier molecular flexibility index (Phi) is 5.94. The molecule has 1 saturated carbocycles. The highest BCUT2D eigenvalue weighted by Gasteiger charge is 2.27. The van der Waals surface area contributed by atoms with E-state index in [2.05, 4.69) is 4.72 Å². The molecule has 4 nitrogen and oxygen atoms in total. The van der Waals surface area contributed by atoms with Gasteiger partial charge in [0.2, 0.25) is 10.0 Å². The first-order valence-corrected chi connectivity index (χ1v) is 7.91. The number of sulfonamides is 1. The number of aryl methyl sites for hydroxylation is 1. The van der Waals surface area contributed by atoms with Crippen LogP contribution in [0.2, 0.25) is 0 Å². The summed E-state index contributed by atoms with van der Waals surface area (Å²) in [5.41, 5.74) is 6.20. The van der Waals surface area contributed by atoms with Gasteiger partial charge in [0.25, 0.3) is 0 Å². The maximum atomic E-state index is 13.7. The van der Waals surface area contributed by atoms with Crippen molar-refractivity contribution in [3.05, 3.63) is 29.6 Å². The number of halogens is 2. The van der Waals surface area contributed by atoms with Crippen molar-refractivity contribution in [3.8, 4) is 0 Å². The van der Waals surface area contributed by atoms with Gasteiger partial charge >= 0.3 is 0 Å². The Balaban J connectivity index is 0.00000200. The minimum Gasteiger partial charge on any atom is -0.328 e. The summed E-state index contributed by atoms with van der Waals surface area (Å²) in [7, 11) is -3.80. The maximum Gasteiger partial charge on any atom is 0.243 e. The van der Waals surface area contributed by atoms with Gasteiger partial charge in [-0.15, -0.1) is 12.4 Å². The molecule has 1 aliphatic rings. The fourth-order valence-electron chi connectivity index (χ4n) is 2.47. The van der Waals surface area contributed by atoms with Gasteiger partial charge in [0.1, 0.15) is 10.7 Å². The van der Waals surface area contributed by atoms with Crippen molar-refractivity contribution in [2.24, 2.45) is 5.73 Å². The van der Waals surface area contributed by atoms with Gasteiger partial charge in [-0.25, -0.2) is 17.5 Å². The van der Waals surface area contributed by atoms with Crippen LogP contribution in [0.1, 0.15) is 31.2 Å². The molecule has 1 aromatic rings. The van der Waals surface area contributed by atoms with E-state index in [1.165, 1.54) is 12.1 Å². The van der Waals surface area contributed by atoms with Crippen LogP contribution in [0.15, 0.2) is 23.1 Å². The predicted molar refractivity (Wildman–Crippen MR) is 78.9 cm³/mol. The van der Waals surface area contributed by atoms with Gasteiger partial charge in [0, 0.05) is 12.1 Å². The molecule has 0 aromatic heterocycles. The lowest BCUT2D eigenvalue weighted by molar-refractivity contribution is 0.373. The summed E-state index contributed by atoms with van der Waals surface area (Å²) >= 11 is 0. The molecule has 1 aromatic carbocycles. The topological polar surface area (TPSA) is 72.2 Å². The van der Waals surface area contributed by atoms with Crippen LogP contribution >= 0.6 is 12.4 Å². The van der Waals surface area contributed by atoms with E-state index < -0.39 is 15.8 Å². The molecule has 7 heteroatoms. The van der Waals surface area contributed by atoms with Crippen molar-refractivity contribution in [3.63, 3.8) is 0 Å². The standard InChI is InChI=1S/C13H19FN2O2S.ClH/c1-9-3-2-4-12(14)13(9)19(17,18)16-11-7-5-10(15)6-8-11;/h2-4,10-11,16H,5-8,15H2,1H3;1H. The molecule has 0 heterocycles. The Morgan fingerprint density at radius 2 is 1.85 bits per heavy atom. The molecule has 1 aliphatic carbocycles. The van der Waals surface area contributed by atoms with Crippen molar-refractivity contribution in [1.29, 1.82) is 0 Å². The molecule has 0 atom stereocenters. The fraction of sp³-hybridized carbons (Fsp3) is 0.538. The molecule has 0 aliphatic heterocycles. The van der Waals surface area contributed by atoms with Crippen LogP contribution in [0.5, 0.6) is 0 Å². The molecule has 114 valence electrons. The summed E-state index contributed by atoms with van der Waals surface area (Å²) < 4.78 is 40.8. The SMILES string of the molecule is Cc1cccc(F)c1S(=O)(=O)NC1CCC(N)CC1.Cl. The Morgan fingerprint density at radius 1 is 1.25 bits per heavy atom. The molecule has 2 rings (SSSR count). The van der Waals surface area contributed by atoms with Crippen LogP contribution in [0.3, 0.4) is 0 Å². The maximum absolute atomic E-state index is 13.7. The largest absolute Gasteiger partial charge is 0.328 e. The van der Waals surface area contributed by atoms with Gasteiger partial charge < -0.3 is 5.73 Å². The molecule has 0 radical (unpaired) electrons. The lowest BCUT2D eigenvalue weighted by Crippen LogP contribution is -2.40. The zero-order valence-electron chi connectivity index (χ0n) is 11.3. The quantitative estimate of drug-likeness (QED) is 0.895. The van der Waals surface area contributed by atoms with Crippen molar-refractivity contribution in [2.45, 2.75) is 49.6 Å². The monoisotopic (exact) mass is 322 g/mol. The Bertz CT molecular complexity index is 537. The van der Waals surface area contributed by atoms with Gasteiger partial charge in [-0.3, -0.25) is 0 Å². The van der Waals surface area contributed by atoms with Crippen LogP contribution in [-0.2, 0) is 10.0 Å². The van der Waals surface area contributed by atoms with E-state index in [0.29, 0.717) is 18.4 Å². The average molecular weight is 323 g/mol. The predicted octanol–water partition coefficient (Wildman–Crippen LogP) is 2.10. The molecule has 0 unspecified atom stereocenters. The van der Waals surface area contributed by atoms with Gasteiger partial charge in [-0.2, -0.15) is 0 Å². The molecule has 0 saturated heterocycles. The number of hydrogen-bond donors (Lipinski definition) is 2. The second kappa shape index (κ2) is 6.85. The highest BCUT2D eigenvalue weighted by molar-refractivity contribution is 7.89. The summed E-state index contributed by atoms with van der Waals surface area (Å²) in [6.45, 7) is 1.59. The van der Waals surface area contributed by atoms with E-state index in [-0.39, 0.29) is 29.4 Å². The molecular weight excluding hydrogens is 303 g/mol. The molecular formula is C13H20ClFN2O2S. The number of nitrogens with two attached hydrogens (primary N) is 1. The van der Waals surface area contributed by atoms with Crippen LogP contribution in [-0.4, -0.2) is 20.5 Å². The summed E-state index contributed by atoms with van der Waals surface area (Å²) in [5.74, 6) is -0.708. The minimum absolute atomic E-state index is 0. The normalized spacial score (nSPS) is 23.1. The number of nitrogens with one attached hydrogen (secondary N) is 1. The van der Waals surface area contributed by atoms with Gasteiger partial charge in [0.15, 0.2) is 0 Å². The van der Waals surface area contributed by atoms with E-state index >= 15 is 0 Å². The lowest BCUT2D eigenvalue weighted by atomic mass is 9.93. The zero-order chi connectivity index (χ0) is 14.0. The minimum atomic E-state index is -3.80. The molecule has 1 fully saturated rings. The van der Waals surface area contributed by atoms with Gasteiger partial charge in [-0.1, -0.05) is 12.1 Å².